The molecule has 5 rings (SSSR count). The first-order chi connectivity index (χ1) is 20.1. The van der Waals surface area contributed by atoms with Gasteiger partial charge in [-0.25, -0.2) is 32.5 Å². The number of anilines is 3. The third kappa shape index (κ3) is 6.19. The molecule has 0 spiro atoms. The van der Waals surface area contributed by atoms with Crippen LogP contribution in [-0.2, 0) is 27.7 Å². The number of amides is 1. The smallest absolute Gasteiger partial charge is 0.410 e. The molecule has 1 amide bonds. The zero-order chi connectivity index (χ0) is 31.3. The number of benzene rings is 1. The van der Waals surface area contributed by atoms with E-state index in [-0.39, 0.29) is 29.5 Å². The highest BCUT2D eigenvalue weighted by Gasteiger charge is 2.26. The lowest BCUT2D eigenvalue weighted by Crippen LogP contribution is -2.39. The molecule has 0 saturated heterocycles. The van der Waals surface area contributed by atoms with Gasteiger partial charge in [0.25, 0.3) is 5.56 Å². The van der Waals surface area contributed by atoms with Gasteiger partial charge >= 0.3 is 6.09 Å². The number of hydrogen-bond acceptors (Lipinski definition) is 9. The number of carbonyl (C=O) groups excluding carboxylic acids is 1. The van der Waals surface area contributed by atoms with E-state index in [4.69, 9.17) is 9.72 Å². The Morgan fingerprint density at radius 2 is 1.86 bits per heavy atom. The Morgan fingerprint density at radius 1 is 1.12 bits per heavy atom. The number of fused-ring (bicyclic) bond motifs is 2. The monoisotopic (exact) mass is 608 g/mol. The van der Waals surface area contributed by atoms with Crippen LogP contribution in [0.15, 0.2) is 47.5 Å². The van der Waals surface area contributed by atoms with Crippen molar-refractivity contribution in [3.63, 3.8) is 0 Å². The average molecular weight is 609 g/mol. The SMILES string of the molecule is CC(C)n1c(=O)c2cnc(Nc3ccc4c(c3)CCN(C(=O)OC(C)(C)C)C4)nc2n1-c1ccnc(N(C)S(C)(=O)=O)c1. The lowest BCUT2D eigenvalue weighted by molar-refractivity contribution is 0.0224. The fraction of sp³-hybridized carbons (Fsp3) is 0.414. The van der Waals surface area contributed by atoms with Gasteiger partial charge in [0.1, 0.15) is 16.8 Å². The summed E-state index contributed by atoms with van der Waals surface area (Å²) in [6.45, 7) is 10.3. The van der Waals surface area contributed by atoms with Crippen LogP contribution in [0.4, 0.5) is 22.2 Å². The van der Waals surface area contributed by atoms with Crippen molar-refractivity contribution in [3.05, 3.63) is 64.2 Å². The largest absolute Gasteiger partial charge is 0.444 e. The van der Waals surface area contributed by atoms with Crippen LogP contribution in [0.2, 0.25) is 0 Å². The molecule has 0 saturated carbocycles. The van der Waals surface area contributed by atoms with Crippen molar-refractivity contribution in [2.45, 2.75) is 59.2 Å². The number of pyridine rings is 1. The van der Waals surface area contributed by atoms with E-state index in [1.165, 1.54) is 19.4 Å². The van der Waals surface area contributed by atoms with Crippen molar-refractivity contribution in [3.8, 4) is 5.69 Å². The number of nitrogens with one attached hydrogen (secondary N) is 1. The van der Waals surface area contributed by atoms with Crippen LogP contribution in [0, 0.1) is 0 Å². The first-order valence-corrected chi connectivity index (χ1v) is 15.7. The van der Waals surface area contributed by atoms with E-state index in [1.807, 2.05) is 52.8 Å². The zero-order valence-electron chi connectivity index (χ0n) is 25.3. The number of carbonyl (C=O) groups is 1. The second-order valence-corrected chi connectivity index (χ2v) is 13.9. The molecule has 1 aliphatic heterocycles. The molecule has 228 valence electrons. The van der Waals surface area contributed by atoms with Crippen molar-refractivity contribution in [2.24, 2.45) is 0 Å². The lowest BCUT2D eigenvalue weighted by atomic mass is 9.99. The maximum Gasteiger partial charge on any atom is 0.410 e. The van der Waals surface area contributed by atoms with Crippen molar-refractivity contribution >= 4 is 44.6 Å². The number of rotatable bonds is 6. The summed E-state index contributed by atoms with van der Waals surface area (Å²) < 4.78 is 34.1. The Morgan fingerprint density at radius 3 is 2.53 bits per heavy atom. The number of aromatic nitrogens is 5. The number of nitrogens with zero attached hydrogens (tertiary/aromatic N) is 7. The van der Waals surface area contributed by atoms with E-state index in [1.54, 1.807) is 26.4 Å². The van der Waals surface area contributed by atoms with E-state index in [2.05, 4.69) is 15.3 Å². The molecule has 4 aromatic rings. The van der Waals surface area contributed by atoms with Gasteiger partial charge in [-0.2, -0.15) is 4.98 Å². The second-order valence-electron chi connectivity index (χ2n) is 11.8. The van der Waals surface area contributed by atoms with Crippen molar-refractivity contribution in [1.82, 2.24) is 29.2 Å². The summed E-state index contributed by atoms with van der Waals surface area (Å²) in [4.78, 5) is 41.0. The molecule has 13 nitrogen and oxygen atoms in total. The summed E-state index contributed by atoms with van der Waals surface area (Å²) in [5.74, 6) is 0.493. The van der Waals surface area contributed by atoms with Gasteiger partial charge in [-0.05, 0) is 70.4 Å². The molecule has 1 N–H and O–H groups in total. The summed E-state index contributed by atoms with van der Waals surface area (Å²) in [6, 6.07) is 8.93. The molecule has 1 aliphatic rings. The highest BCUT2D eigenvalue weighted by molar-refractivity contribution is 7.92. The summed E-state index contributed by atoms with van der Waals surface area (Å²) in [5.41, 5.74) is 2.97. The van der Waals surface area contributed by atoms with Crippen LogP contribution in [0.1, 0.15) is 51.8 Å². The molecule has 0 atom stereocenters. The molecule has 0 bridgehead atoms. The van der Waals surface area contributed by atoms with E-state index in [9.17, 15) is 18.0 Å². The maximum absolute atomic E-state index is 13.4. The minimum Gasteiger partial charge on any atom is -0.444 e. The van der Waals surface area contributed by atoms with Crippen LogP contribution in [0.25, 0.3) is 16.7 Å². The molecule has 4 heterocycles. The van der Waals surface area contributed by atoms with Crippen molar-refractivity contribution in [2.75, 3.05) is 29.5 Å². The minimum atomic E-state index is -3.55. The molecule has 43 heavy (non-hydrogen) atoms. The van der Waals surface area contributed by atoms with E-state index in [0.29, 0.717) is 36.2 Å². The Kier molecular flexibility index (Phi) is 7.67. The number of sulfonamides is 1. The van der Waals surface area contributed by atoms with Crippen LogP contribution in [0.3, 0.4) is 0 Å². The summed E-state index contributed by atoms with van der Waals surface area (Å²) in [7, 11) is -2.13. The molecule has 14 heteroatoms. The fourth-order valence-electron chi connectivity index (χ4n) is 4.90. The summed E-state index contributed by atoms with van der Waals surface area (Å²) in [6.07, 6.45) is 4.42. The Labute approximate surface area is 250 Å². The molecular weight excluding hydrogens is 572 g/mol. The Bertz CT molecular complexity index is 1870. The number of hydrogen-bond donors (Lipinski definition) is 1. The van der Waals surface area contributed by atoms with Crippen molar-refractivity contribution in [1.29, 1.82) is 0 Å². The van der Waals surface area contributed by atoms with Gasteiger partial charge in [-0.1, -0.05) is 6.07 Å². The minimum absolute atomic E-state index is 0.205. The van der Waals surface area contributed by atoms with Gasteiger partial charge in [-0.3, -0.25) is 9.10 Å². The third-order valence-corrected chi connectivity index (χ3v) is 8.21. The van der Waals surface area contributed by atoms with Crippen LogP contribution in [0.5, 0.6) is 0 Å². The fourth-order valence-corrected chi connectivity index (χ4v) is 5.34. The highest BCUT2D eigenvalue weighted by Crippen LogP contribution is 2.27. The topological polar surface area (TPSA) is 145 Å². The van der Waals surface area contributed by atoms with E-state index in [0.717, 1.165) is 27.4 Å². The van der Waals surface area contributed by atoms with Gasteiger partial charge in [0, 0.05) is 50.3 Å². The van der Waals surface area contributed by atoms with Crippen LogP contribution < -0.4 is 15.2 Å². The molecule has 0 fully saturated rings. The lowest BCUT2D eigenvalue weighted by Gasteiger charge is -2.31. The van der Waals surface area contributed by atoms with Crippen LogP contribution in [-0.4, -0.2) is 69.2 Å². The molecule has 0 radical (unpaired) electrons. The predicted molar refractivity (Wildman–Crippen MR) is 165 cm³/mol. The molecule has 0 aliphatic carbocycles. The quantitative estimate of drug-likeness (QED) is 0.343. The zero-order valence-corrected chi connectivity index (χ0v) is 26.1. The standard InChI is InChI=1S/C29H36N8O5S/c1-18(2)36-26(38)23-16-31-27(33-25(23)37(36)22-10-12-30-24(15-22)34(6)43(7,40)41)32-21-9-8-20-17-35(13-11-19(20)14-21)28(39)42-29(3,4)5/h8-10,12,14-16,18H,11,13,17H2,1-7H3,(H,31,32,33). The van der Waals surface area contributed by atoms with Gasteiger partial charge < -0.3 is 15.0 Å². The normalized spacial score (nSPS) is 13.7. The third-order valence-electron chi connectivity index (χ3n) is 7.03. The van der Waals surface area contributed by atoms with Gasteiger partial charge in [0.15, 0.2) is 5.65 Å². The molecule has 0 unspecified atom stereocenters. The molecular formula is C29H36N8O5S. The van der Waals surface area contributed by atoms with Gasteiger partial charge in [0.2, 0.25) is 16.0 Å². The summed E-state index contributed by atoms with van der Waals surface area (Å²) in [5, 5.41) is 3.57. The summed E-state index contributed by atoms with van der Waals surface area (Å²) >= 11 is 0. The Balaban J connectivity index is 1.48. The first-order valence-electron chi connectivity index (χ1n) is 13.9. The first kappa shape index (κ1) is 30.0. The van der Waals surface area contributed by atoms with Crippen LogP contribution >= 0.6 is 0 Å². The maximum atomic E-state index is 13.4. The molecule has 3 aromatic heterocycles. The van der Waals surface area contributed by atoms with Crippen molar-refractivity contribution < 1.29 is 17.9 Å². The highest BCUT2D eigenvalue weighted by atomic mass is 32.2. The van der Waals surface area contributed by atoms with E-state index >= 15 is 0 Å². The Hall–Kier alpha value is -4.46. The average Bonchev–Trinajstić information content (AvgIpc) is 3.22. The second kappa shape index (κ2) is 11.0. The van der Waals surface area contributed by atoms with Gasteiger partial charge in [-0.15, -0.1) is 0 Å². The predicted octanol–water partition coefficient (Wildman–Crippen LogP) is 3.99. The number of ether oxygens (including phenoxy) is 1. The van der Waals surface area contributed by atoms with Gasteiger partial charge in [0.05, 0.1) is 11.9 Å². The van der Waals surface area contributed by atoms with E-state index < -0.39 is 15.6 Å². The molecule has 1 aromatic carbocycles.